The molecule has 4 nitrogen and oxygen atoms in total. The Labute approximate surface area is 129 Å². The molecule has 6 heteroatoms. The Morgan fingerprint density at radius 3 is 2.95 bits per heavy atom. The zero-order valence-corrected chi connectivity index (χ0v) is 13.6. The maximum atomic E-state index is 12.6. The Hall–Kier alpha value is -0.940. The van der Waals surface area contributed by atoms with Gasteiger partial charge in [0.1, 0.15) is 11.0 Å². The summed E-state index contributed by atoms with van der Waals surface area (Å²) in [5.41, 5.74) is 0.601. The summed E-state index contributed by atoms with van der Waals surface area (Å²) in [5, 5.41) is 3.44. The van der Waals surface area contributed by atoms with Crippen molar-refractivity contribution in [2.24, 2.45) is 0 Å². The van der Waals surface area contributed by atoms with Gasteiger partial charge in [-0.15, -0.1) is 0 Å². The first kappa shape index (κ1) is 15.4. The SMILES string of the molecule is CCNc1cc(C(=O)N2CCSC(C)(C)C2)cc(Cl)n1. The molecule has 0 saturated carbocycles. The average Bonchev–Trinajstić information content (AvgIpc) is 2.36. The molecule has 1 aliphatic rings. The highest BCUT2D eigenvalue weighted by Crippen LogP contribution is 2.30. The molecule has 110 valence electrons. The molecule has 0 unspecified atom stereocenters. The first-order valence-electron chi connectivity index (χ1n) is 6.76. The summed E-state index contributed by atoms with van der Waals surface area (Å²) in [6.07, 6.45) is 0. The van der Waals surface area contributed by atoms with Gasteiger partial charge in [-0.2, -0.15) is 11.8 Å². The van der Waals surface area contributed by atoms with E-state index in [1.54, 1.807) is 12.1 Å². The summed E-state index contributed by atoms with van der Waals surface area (Å²) in [6.45, 7) is 8.60. The van der Waals surface area contributed by atoms with Crippen molar-refractivity contribution < 1.29 is 4.79 Å². The number of aromatic nitrogens is 1. The van der Waals surface area contributed by atoms with E-state index in [0.717, 1.165) is 25.4 Å². The number of hydrogen-bond acceptors (Lipinski definition) is 4. The molecule has 0 spiro atoms. The van der Waals surface area contributed by atoms with Crippen LogP contribution in [0.15, 0.2) is 12.1 Å². The highest BCUT2D eigenvalue weighted by atomic mass is 35.5. The number of rotatable bonds is 3. The van der Waals surface area contributed by atoms with Crippen LogP contribution < -0.4 is 5.32 Å². The van der Waals surface area contributed by atoms with Crippen LogP contribution in [-0.4, -0.2) is 45.9 Å². The molecule has 1 aliphatic heterocycles. The van der Waals surface area contributed by atoms with Crippen LogP contribution in [0.2, 0.25) is 5.15 Å². The third kappa shape index (κ3) is 3.79. The highest BCUT2D eigenvalue weighted by molar-refractivity contribution is 8.00. The third-order valence-corrected chi connectivity index (χ3v) is 4.60. The Balaban J connectivity index is 2.20. The molecule has 1 N–H and O–H groups in total. The van der Waals surface area contributed by atoms with E-state index in [2.05, 4.69) is 24.1 Å². The second kappa shape index (κ2) is 6.22. The van der Waals surface area contributed by atoms with Crippen LogP contribution >= 0.6 is 23.4 Å². The lowest BCUT2D eigenvalue weighted by atomic mass is 10.1. The number of carbonyl (C=O) groups is 1. The van der Waals surface area contributed by atoms with E-state index in [1.807, 2.05) is 23.6 Å². The van der Waals surface area contributed by atoms with E-state index in [1.165, 1.54) is 0 Å². The fraction of sp³-hybridized carbons (Fsp3) is 0.571. The van der Waals surface area contributed by atoms with Crippen LogP contribution in [0.25, 0.3) is 0 Å². The number of pyridine rings is 1. The molecule has 0 bridgehead atoms. The molecule has 1 aromatic heterocycles. The Kier molecular flexibility index (Phi) is 4.81. The van der Waals surface area contributed by atoms with Gasteiger partial charge in [0.25, 0.3) is 5.91 Å². The fourth-order valence-corrected chi connectivity index (χ4v) is 3.58. The van der Waals surface area contributed by atoms with Gasteiger partial charge in [-0.1, -0.05) is 11.6 Å². The molecule has 0 aliphatic carbocycles. The Morgan fingerprint density at radius 1 is 1.55 bits per heavy atom. The molecule has 20 heavy (non-hydrogen) atoms. The lowest BCUT2D eigenvalue weighted by molar-refractivity contribution is 0.0748. The molecular formula is C14H20ClN3OS. The van der Waals surface area contributed by atoms with Gasteiger partial charge in [-0.05, 0) is 32.9 Å². The first-order chi connectivity index (χ1) is 9.41. The van der Waals surface area contributed by atoms with Crippen molar-refractivity contribution in [3.05, 3.63) is 22.8 Å². The van der Waals surface area contributed by atoms with Gasteiger partial charge in [-0.3, -0.25) is 4.79 Å². The minimum absolute atomic E-state index is 0.0295. The summed E-state index contributed by atoms with van der Waals surface area (Å²) in [4.78, 5) is 18.7. The number of carbonyl (C=O) groups excluding carboxylic acids is 1. The molecule has 1 aromatic rings. The number of thioether (sulfide) groups is 1. The molecule has 1 amide bonds. The van der Waals surface area contributed by atoms with Crippen LogP contribution in [0.3, 0.4) is 0 Å². The minimum Gasteiger partial charge on any atom is -0.370 e. The largest absolute Gasteiger partial charge is 0.370 e. The van der Waals surface area contributed by atoms with Gasteiger partial charge < -0.3 is 10.2 Å². The molecule has 0 aromatic carbocycles. The summed E-state index contributed by atoms with van der Waals surface area (Å²) in [6, 6.07) is 3.41. The van der Waals surface area contributed by atoms with E-state index >= 15 is 0 Å². The van der Waals surface area contributed by atoms with Crippen LogP contribution in [0.5, 0.6) is 0 Å². The van der Waals surface area contributed by atoms with E-state index < -0.39 is 0 Å². The Morgan fingerprint density at radius 2 is 2.30 bits per heavy atom. The van der Waals surface area contributed by atoms with Crippen molar-refractivity contribution in [1.29, 1.82) is 0 Å². The number of amides is 1. The van der Waals surface area contributed by atoms with Crippen molar-refractivity contribution in [2.45, 2.75) is 25.5 Å². The zero-order valence-electron chi connectivity index (χ0n) is 12.1. The van der Waals surface area contributed by atoms with Crippen molar-refractivity contribution in [3.8, 4) is 0 Å². The van der Waals surface area contributed by atoms with Gasteiger partial charge in [0.05, 0.1) is 0 Å². The predicted octanol–water partition coefficient (Wildman–Crippen LogP) is 3.13. The lowest BCUT2D eigenvalue weighted by Gasteiger charge is -2.37. The fourth-order valence-electron chi connectivity index (χ4n) is 2.26. The first-order valence-corrected chi connectivity index (χ1v) is 8.12. The molecule has 2 heterocycles. The number of anilines is 1. The van der Waals surface area contributed by atoms with Crippen molar-refractivity contribution in [1.82, 2.24) is 9.88 Å². The van der Waals surface area contributed by atoms with Crippen LogP contribution in [-0.2, 0) is 0 Å². The molecular weight excluding hydrogens is 294 g/mol. The van der Waals surface area contributed by atoms with Gasteiger partial charge >= 0.3 is 0 Å². The van der Waals surface area contributed by atoms with E-state index in [0.29, 0.717) is 16.5 Å². The quantitative estimate of drug-likeness (QED) is 0.871. The smallest absolute Gasteiger partial charge is 0.254 e. The number of nitrogens with zero attached hydrogens (tertiary/aromatic N) is 2. The van der Waals surface area contributed by atoms with Crippen molar-refractivity contribution >= 4 is 35.1 Å². The van der Waals surface area contributed by atoms with Crippen molar-refractivity contribution in [3.63, 3.8) is 0 Å². The van der Waals surface area contributed by atoms with Crippen LogP contribution in [0.1, 0.15) is 31.1 Å². The van der Waals surface area contributed by atoms with Gasteiger partial charge in [0, 0.05) is 35.7 Å². The van der Waals surface area contributed by atoms with Gasteiger partial charge in [0.15, 0.2) is 0 Å². The summed E-state index contributed by atoms with van der Waals surface area (Å²) < 4.78 is 0.106. The maximum absolute atomic E-state index is 12.6. The molecule has 2 rings (SSSR count). The van der Waals surface area contributed by atoms with E-state index in [4.69, 9.17) is 11.6 Å². The molecule has 0 atom stereocenters. The normalized spacial score (nSPS) is 17.9. The van der Waals surface area contributed by atoms with Crippen LogP contribution in [0, 0.1) is 0 Å². The Bertz CT molecular complexity index is 507. The number of nitrogens with one attached hydrogen (secondary N) is 1. The topological polar surface area (TPSA) is 45.2 Å². The lowest BCUT2D eigenvalue weighted by Crippen LogP contribution is -2.46. The highest BCUT2D eigenvalue weighted by Gasteiger charge is 2.30. The third-order valence-electron chi connectivity index (χ3n) is 3.11. The monoisotopic (exact) mass is 313 g/mol. The predicted molar refractivity (Wildman–Crippen MR) is 85.9 cm³/mol. The van der Waals surface area contributed by atoms with E-state index in [-0.39, 0.29) is 10.7 Å². The standard InChI is InChI=1S/C14H20ClN3OS/c1-4-16-12-8-10(7-11(15)17-12)13(19)18-5-6-20-14(2,3)9-18/h7-8H,4-6,9H2,1-3H3,(H,16,17). The van der Waals surface area contributed by atoms with E-state index in [9.17, 15) is 4.79 Å². The summed E-state index contributed by atoms with van der Waals surface area (Å²) >= 11 is 7.91. The maximum Gasteiger partial charge on any atom is 0.254 e. The van der Waals surface area contributed by atoms with Crippen molar-refractivity contribution in [2.75, 3.05) is 30.7 Å². The molecule has 1 saturated heterocycles. The summed E-state index contributed by atoms with van der Waals surface area (Å²) in [5.74, 6) is 1.65. The molecule has 0 radical (unpaired) electrons. The van der Waals surface area contributed by atoms with Gasteiger partial charge in [-0.25, -0.2) is 4.98 Å². The second-order valence-electron chi connectivity index (χ2n) is 5.43. The van der Waals surface area contributed by atoms with Crippen LogP contribution in [0.4, 0.5) is 5.82 Å². The summed E-state index contributed by atoms with van der Waals surface area (Å²) in [7, 11) is 0. The average molecular weight is 314 g/mol. The molecule has 1 fully saturated rings. The zero-order chi connectivity index (χ0) is 14.8. The minimum atomic E-state index is 0.0295. The number of halogens is 1. The van der Waals surface area contributed by atoms with Gasteiger partial charge in [0.2, 0.25) is 0 Å². The second-order valence-corrected chi connectivity index (χ2v) is 7.62. The number of hydrogen-bond donors (Lipinski definition) is 1.